The van der Waals surface area contributed by atoms with Crippen molar-refractivity contribution in [1.29, 1.82) is 0 Å². The van der Waals surface area contributed by atoms with Crippen LogP contribution in [0.5, 0.6) is 0 Å². The fraction of sp³-hybridized carbons (Fsp3) is 0.300. The summed E-state index contributed by atoms with van der Waals surface area (Å²) >= 11 is 0. The number of rotatable bonds is 3. The van der Waals surface area contributed by atoms with Crippen molar-refractivity contribution in [3.05, 3.63) is 31.6 Å². The molecule has 3 heteroatoms. The summed E-state index contributed by atoms with van der Waals surface area (Å²) in [7, 11) is 0. The van der Waals surface area contributed by atoms with E-state index < -0.39 is 0 Å². The van der Waals surface area contributed by atoms with Crippen LogP contribution in [-0.4, -0.2) is 14.5 Å². The van der Waals surface area contributed by atoms with Crippen molar-refractivity contribution < 1.29 is 0 Å². The third-order valence-electron chi connectivity index (χ3n) is 2.04. The Kier molecular flexibility index (Phi) is 2.25. The Morgan fingerprint density at radius 3 is 3.15 bits per heavy atom. The number of pyridine rings is 1. The minimum Gasteiger partial charge on any atom is -0.329 e. The second-order valence-electron chi connectivity index (χ2n) is 2.99. The quantitative estimate of drug-likeness (QED) is 0.713. The third-order valence-corrected chi connectivity index (χ3v) is 2.04. The highest BCUT2D eigenvalue weighted by molar-refractivity contribution is 5.70. The number of aryl methyl sites for hydroxylation is 1. The highest BCUT2D eigenvalue weighted by Crippen LogP contribution is 2.09. The Morgan fingerprint density at radius 2 is 2.31 bits per heavy atom. The van der Waals surface area contributed by atoms with Crippen molar-refractivity contribution in [1.82, 2.24) is 14.5 Å². The number of aromatic nitrogens is 3. The molecule has 0 N–H and O–H groups in total. The first-order valence-corrected chi connectivity index (χ1v) is 4.47. The second kappa shape index (κ2) is 3.56. The van der Waals surface area contributed by atoms with Crippen molar-refractivity contribution in [3.8, 4) is 0 Å². The molecule has 0 saturated heterocycles. The van der Waals surface area contributed by atoms with Gasteiger partial charge in [-0.2, -0.15) is 0 Å². The normalized spacial score (nSPS) is 10.8. The predicted octanol–water partition coefficient (Wildman–Crippen LogP) is 2.05. The van der Waals surface area contributed by atoms with Crippen LogP contribution in [0.3, 0.4) is 0 Å². The molecule has 0 unspecified atom stereocenters. The van der Waals surface area contributed by atoms with E-state index in [-0.39, 0.29) is 0 Å². The van der Waals surface area contributed by atoms with Crippen molar-refractivity contribution in [3.63, 3.8) is 0 Å². The topological polar surface area (TPSA) is 30.7 Å². The summed E-state index contributed by atoms with van der Waals surface area (Å²) < 4.78 is 2.12. The van der Waals surface area contributed by atoms with Crippen LogP contribution in [0.1, 0.15) is 12.8 Å². The zero-order valence-corrected chi connectivity index (χ0v) is 7.48. The molecule has 2 heterocycles. The second-order valence-corrected chi connectivity index (χ2v) is 2.99. The molecule has 67 valence electrons. The van der Waals surface area contributed by atoms with E-state index in [2.05, 4.69) is 21.5 Å². The van der Waals surface area contributed by atoms with E-state index in [4.69, 9.17) is 0 Å². The van der Waals surface area contributed by atoms with Crippen LogP contribution in [0.4, 0.5) is 0 Å². The maximum atomic E-state index is 4.20. The molecule has 0 aliphatic rings. The van der Waals surface area contributed by atoms with E-state index in [0.29, 0.717) is 0 Å². The minimum atomic E-state index is 0.826. The van der Waals surface area contributed by atoms with Crippen LogP contribution in [0.2, 0.25) is 0 Å². The van der Waals surface area contributed by atoms with Gasteiger partial charge in [0.15, 0.2) is 5.65 Å². The number of hydrogen-bond acceptors (Lipinski definition) is 2. The first-order chi connectivity index (χ1) is 6.42. The van der Waals surface area contributed by atoms with Gasteiger partial charge in [-0.3, -0.25) is 0 Å². The average molecular weight is 174 g/mol. The Morgan fingerprint density at radius 1 is 1.38 bits per heavy atom. The number of nitrogens with zero attached hydrogens (tertiary/aromatic N) is 3. The van der Waals surface area contributed by atoms with E-state index in [9.17, 15) is 0 Å². The highest BCUT2D eigenvalue weighted by atomic mass is 15.1. The van der Waals surface area contributed by atoms with Crippen molar-refractivity contribution >= 4 is 11.2 Å². The fourth-order valence-electron chi connectivity index (χ4n) is 1.36. The van der Waals surface area contributed by atoms with E-state index in [1.54, 1.807) is 6.20 Å². The summed E-state index contributed by atoms with van der Waals surface area (Å²) in [6.07, 6.45) is 5.65. The summed E-state index contributed by atoms with van der Waals surface area (Å²) in [4.78, 5) is 8.37. The van der Waals surface area contributed by atoms with Gasteiger partial charge in [-0.1, -0.05) is 13.3 Å². The maximum Gasteiger partial charge on any atom is 0.177 e. The van der Waals surface area contributed by atoms with Crippen LogP contribution < -0.4 is 0 Å². The van der Waals surface area contributed by atoms with E-state index in [0.717, 1.165) is 30.6 Å². The fourth-order valence-corrected chi connectivity index (χ4v) is 1.36. The zero-order valence-electron chi connectivity index (χ0n) is 7.48. The molecule has 1 radical (unpaired) electrons. The Labute approximate surface area is 77.4 Å². The van der Waals surface area contributed by atoms with Crippen LogP contribution in [0, 0.1) is 6.92 Å². The summed E-state index contributed by atoms with van der Waals surface area (Å²) in [6.45, 7) is 4.79. The molecular weight excluding hydrogens is 162 g/mol. The molecule has 0 saturated carbocycles. The largest absolute Gasteiger partial charge is 0.329 e. The van der Waals surface area contributed by atoms with E-state index >= 15 is 0 Å². The molecule has 0 aliphatic heterocycles. The summed E-state index contributed by atoms with van der Waals surface area (Å²) in [5.41, 5.74) is 1.93. The van der Waals surface area contributed by atoms with Gasteiger partial charge in [-0.25, -0.2) is 9.97 Å². The first-order valence-electron chi connectivity index (χ1n) is 4.47. The molecule has 0 aromatic carbocycles. The molecule has 2 aromatic rings. The lowest BCUT2D eigenvalue weighted by Gasteiger charge is -2.00. The van der Waals surface area contributed by atoms with Gasteiger partial charge in [-0.15, -0.1) is 0 Å². The molecule has 0 aliphatic carbocycles. The standard InChI is InChI=1S/C10H12N3/c1-2-3-7-13-8-12-10-9(13)5-4-6-11-10/h4-6,8H,1-3,7H2. The van der Waals surface area contributed by atoms with Gasteiger partial charge in [0.1, 0.15) is 0 Å². The predicted molar refractivity (Wildman–Crippen MR) is 52.1 cm³/mol. The molecular formula is C10H12N3. The molecule has 13 heavy (non-hydrogen) atoms. The van der Waals surface area contributed by atoms with Crippen molar-refractivity contribution in [2.75, 3.05) is 0 Å². The average Bonchev–Trinajstić information content (AvgIpc) is 2.58. The van der Waals surface area contributed by atoms with Crippen LogP contribution in [0.15, 0.2) is 24.7 Å². The molecule has 2 rings (SSSR count). The Bertz CT molecular complexity index is 392. The van der Waals surface area contributed by atoms with Gasteiger partial charge in [-0.05, 0) is 18.6 Å². The van der Waals surface area contributed by atoms with Crippen LogP contribution in [-0.2, 0) is 6.54 Å². The lowest BCUT2D eigenvalue weighted by atomic mass is 10.3. The lowest BCUT2D eigenvalue weighted by molar-refractivity contribution is 0.664. The minimum absolute atomic E-state index is 0.826. The molecule has 0 fully saturated rings. The van der Waals surface area contributed by atoms with Crippen LogP contribution >= 0.6 is 0 Å². The summed E-state index contributed by atoms with van der Waals surface area (Å²) in [5.74, 6) is 0. The van der Waals surface area contributed by atoms with Gasteiger partial charge >= 0.3 is 0 Å². The molecule has 2 aromatic heterocycles. The summed E-state index contributed by atoms with van der Waals surface area (Å²) in [6, 6.07) is 3.98. The van der Waals surface area contributed by atoms with Gasteiger partial charge < -0.3 is 4.57 Å². The summed E-state index contributed by atoms with van der Waals surface area (Å²) in [5, 5.41) is 0. The molecule has 0 bridgehead atoms. The van der Waals surface area contributed by atoms with Gasteiger partial charge in [0.25, 0.3) is 0 Å². The van der Waals surface area contributed by atoms with Crippen LogP contribution in [0.25, 0.3) is 11.2 Å². The number of imidazole rings is 1. The lowest BCUT2D eigenvalue weighted by Crippen LogP contribution is -1.94. The number of fused-ring (bicyclic) bond motifs is 1. The zero-order chi connectivity index (χ0) is 9.10. The molecule has 0 amide bonds. The van der Waals surface area contributed by atoms with Gasteiger partial charge in [0, 0.05) is 12.7 Å². The Balaban J connectivity index is 2.35. The third kappa shape index (κ3) is 1.54. The van der Waals surface area contributed by atoms with Crippen molar-refractivity contribution in [2.24, 2.45) is 0 Å². The maximum absolute atomic E-state index is 4.20. The number of unbranched alkanes of at least 4 members (excludes halogenated alkanes) is 1. The van der Waals surface area contributed by atoms with E-state index in [1.807, 2.05) is 18.5 Å². The van der Waals surface area contributed by atoms with Gasteiger partial charge in [0.2, 0.25) is 0 Å². The van der Waals surface area contributed by atoms with E-state index in [1.165, 1.54) is 0 Å². The number of hydrogen-bond donors (Lipinski definition) is 0. The molecule has 0 atom stereocenters. The van der Waals surface area contributed by atoms with Crippen molar-refractivity contribution in [2.45, 2.75) is 19.4 Å². The highest BCUT2D eigenvalue weighted by Gasteiger charge is 2.00. The molecule has 3 nitrogen and oxygen atoms in total. The monoisotopic (exact) mass is 174 g/mol. The van der Waals surface area contributed by atoms with Gasteiger partial charge in [0.05, 0.1) is 11.8 Å². The first kappa shape index (κ1) is 8.23. The smallest absolute Gasteiger partial charge is 0.177 e. The Hall–Kier alpha value is -1.38. The SMILES string of the molecule is [CH2]CCCn1cnc2ncccc21. The molecule has 0 spiro atoms.